The van der Waals surface area contributed by atoms with E-state index in [-0.39, 0.29) is 5.91 Å². The van der Waals surface area contributed by atoms with Gasteiger partial charge >= 0.3 is 0 Å². The summed E-state index contributed by atoms with van der Waals surface area (Å²) in [5.41, 5.74) is 1.16. The molecule has 2 fully saturated rings. The van der Waals surface area contributed by atoms with Gasteiger partial charge in [-0.05, 0) is 36.4 Å². The number of hydrogen-bond acceptors (Lipinski definition) is 5. The van der Waals surface area contributed by atoms with Gasteiger partial charge < -0.3 is 9.80 Å². The lowest BCUT2D eigenvalue weighted by Crippen LogP contribution is -2.54. The van der Waals surface area contributed by atoms with Crippen molar-refractivity contribution in [2.24, 2.45) is 0 Å². The van der Waals surface area contributed by atoms with Gasteiger partial charge in [0.15, 0.2) is 0 Å². The van der Waals surface area contributed by atoms with Crippen LogP contribution >= 0.6 is 11.3 Å². The zero-order valence-electron chi connectivity index (χ0n) is 15.0. The van der Waals surface area contributed by atoms with Gasteiger partial charge in [0.25, 0.3) is 10.0 Å². The number of para-hydroxylation sites is 1. The summed E-state index contributed by atoms with van der Waals surface area (Å²) in [4.78, 5) is 17.2. The molecule has 1 amide bonds. The Balaban J connectivity index is 1.44. The van der Waals surface area contributed by atoms with E-state index in [1.54, 1.807) is 17.5 Å². The first kappa shape index (κ1) is 18.5. The zero-order valence-corrected chi connectivity index (χ0v) is 16.7. The van der Waals surface area contributed by atoms with Gasteiger partial charge in [-0.1, -0.05) is 24.3 Å². The third-order valence-corrected chi connectivity index (χ3v) is 8.54. The molecule has 8 heteroatoms. The monoisotopic (exact) mass is 405 g/mol. The minimum Gasteiger partial charge on any atom is -0.368 e. The van der Waals surface area contributed by atoms with Gasteiger partial charge in [0.2, 0.25) is 5.91 Å². The second-order valence-corrected chi connectivity index (χ2v) is 9.92. The highest BCUT2D eigenvalue weighted by Gasteiger charge is 2.41. The molecule has 2 aliphatic heterocycles. The van der Waals surface area contributed by atoms with Crippen molar-refractivity contribution in [2.45, 2.75) is 23.1 Å². The fourth-order valence-electron chi connectivity index (χ4n) is 3.84. The molecule has 4 rings (SSSR count). The van der Waals surface area contributed by atoms with Gasteiger partial charge in [0, 0.05) is 38.4 Å². The average Bonchev–Trinajstić information content (AvgIpc) is 3.41. The van der Waals surface area contributed by atoms with E-state index in [0.717, 1.165) is 25.2 Å². The van der Waals surface area contributed by atoms with E-state index >= 15 is 0 Å². The quantitative estimate of drug-likeness (QED) is 0.783. The second kappa shape index (κ2) is 7.61. The van der Waals surface area contributed by atoms with Crippen LogP contribution in [0.4, 0.5) is 5.69 Å². The topological polar surface area (TPSA) is 60.9 Å². The molecule has 2 saturated heterocycles. The Kier molecular flexibility index (Phi) is 5.21. The van der Waals surface area contributed by atoms with Crippen molar-refractivity contribution in [2.75, 3.05) is 37.6 Å². The summed E-state index contributed by atoms with van der Waals surface area (Å²) < 4.78 is 27.5. The van der Waals surface area contributed by atoms with Crippen LogP contribution in [-0.4, -0.2) is 62.3 Å². The number of carbonyl (C=O) groups is 1. The summed E-state index contributed by atoms with van der Waals surface area (Å²) >= 11 is 1.20. The van der Waals surface area contributed by atoms with Crippen molar-refractivity contribution in [3.63, 3.8) is 0 Å². The first-order chi connectivity index (χ1) is 13.1. The zero-order chi connectivity index (χ0) is 18.9. The smallest absolute Gasteiger partial charge is 0.253 e. The summed E-state index contributed by atoms with van der Waals surface area (Å²) in [5, 5.41) is 1.75. The van der Waals surface area contributed by atoms with E-state index in [1.807, 2.05) is 23.1 Å². The van der Waals surface area contributed by atoms with Gasteiger partial charge in [-0.3, -0.25) is 4.79 Å². The lowest BCUT2D eigenvalue weighted by atomic mass is 10.1. The van der Waals surface area contributed by atoms with Crippen molar-refractivity contribution in [1.82, 2.24) is 9.21 Å². The van der Waals surface area contributed by atoms with Crippen LogP contribution in [0.5, 0.6) is 0 Å². The second-order valence-electron chi connectivity index (χ2n) is 6.85. The summed E-state index contributed by atoms with van der Waals surface area (Å²) in [6.45, 7) is 3.19. The fraction of sp³-hybridized carbons (Fsp3) is 0.421. The maximum atomic E-state index is 13.1. The molecule has 1 aromatic carbocycles. The number of hydrogen-bond donors (Lipinski definition) is 0. The minimum atomic E-state index is -3.59. The van der Waals surface area contributed by atoms with Crippen LogP contribution in [0.1, 0.15) is 12.8 Å². The molecule has 0 radical (unpaired) electrons. The van der Waals surface area contributed by atoms with Crippen LogP contribution in [0, 0.1) is 0 Å². The molecular formula is C19H23N3O3S2. The maximum absolute atomic E-state index is 13.1. The summed E-state index contributed by atoms with van der Waals surface area (Å²) in [5.74, 6) is -0.0552. The van der Waals surface area contributed by atoms with E-state index in [2.05, 4.69) is 17.0 Å². The average molecular weight is 406 g/mol. The van der Waals surface area contributed by atoms with E-state index in [9.17, 15) is 13.2 Å². The first-order valence-corrected chi connectivity index (χ1v) is 11.5. The number of benzene rings is 1. The molecule has 0 N–H and O–H groups in total. The fourth-order valence-corrected chi connectivity index (χ4v) is 6.61. The lowest BCUT2D eigenvalue weighted by molar-refractivity contribution is -0.134. The van der Waals surface area contributed by atoms with Crippen LogP contribution in [0.2, 0.25) is 0 Å². The number of nitrogens with zero attached hydrogens (tertiary/aromatic N) is 3. The Bertz CT molecular complexity index is 876. The van der Waals surface area contributed by atoms with Crippen LogP contribution in [0.25, 0.3) is 0 Å². The molecule has 0 bridgehead atoms. The van der Waals surface area contributed by atoms with Crippen LogP contribution in [0.3, 0.4) is 0 Å². The minimum absolute atomic E-state index is 0.0552. The number of sulfonamides is 1. The summed E-state index contributed by atoms with van der Waals surface area (Å²) in [6, 6.07) is 12.9. The van der Waals surface area contributed by atoms with E-state index in [1.165, 1.54) is 15.6 Å². The molecule has 3 heterocycles. The predicted octanol–water partition coefficient (Wildman–Crippen LogP) is 2.25. The third kappa shape index (κ3) is 3.61. The first-order valence-electron chi connectivity index (χ1n) is 9.21. The van der Waals surface area contributed by atoms with Gasteiger partial charge in [-0.2, -0.15) is 4.31 Å². The maximum Gasteiger partial charge on any atom is 0.253 e. The molecule has 1 aromatic heterocycles. The standard InChI is InChI=1S/C19H23N3O3S2/c23-19(21-13-11-20(12-14-21)16-6-2-1-3-7-16)17-8-4-10-22(17)27(24,25)18-9-5-15-26-18/h1-3,5-7,9,15,17H,4,8,10-14H2/t17-/m0/s1. The largest absolute Gasteiger partial charge is 0.368 e. The van der Waals surface area contributed by atoms with Crippen LogP contribution in [-0.2, 0) is 14.8 Å². The Hall–Kier alpha value is -1.90. The lowest BCUT2D eigenvalue weighted by Gasteiger charge is -2.38. The molecule has 1 atom stereocenters. The highest BCUT2D eigenvalue weighted by atomic mass is 32.2. The van der Waals surface area contributed by atoms with Crippen molar-refractivity contribution >= 4 is 33.0 Å². The normalized spacial score (nSPS) is 21.6. The number of rotatable bonds is 4. The highest BCUT2D eigenvalue weighted by Crippen LogP contribution is 2.29. The molecule has 2 aliphatic rings. The number of piperazine rings is 1. The number of thiophene rings is 1. The van der Waals surface area contributed by atoms with Gasteiger partial charge in [0.1, 0.15) is 10.3 Å². The third-order valence-electron chi connectivity index (χ3n) is 5.26. The molecule has 0 aliphatic carbocycles. The number of anilines is 1. The Morgan fingerprint density at radius 3 is 2.37 bits per heavy atom. The van der Waals surface area contributed by atoms with Crippen molar-refractivity contribution in [3.8, 4) is 0 Å². The SMILES string of the molecule is O=C([C@@H]1CCCN1S(=O)(=O)c1cccs1)N1CCN(c2ccccc2)CC1. The van der Waals surface area contributed by atoms with E-state index < -0.39 is 16.1 Å². The van der Waals surface area contributed by atoms with Gasteiger partial charge in [-0.25, -0.2) is 8.42 Å². The molecule has 0 spiro atoms. The van der Waals surface area contributed by atoms with Crippen LogP contribution in [0.15, 0.2) is 52.1 Å². The molecule has 2 aromatic rings. The highest BCUT2D eigenvalue weighted by molar-refractivity contribution is 7.91. The Morgan fingerprint density at radius 2 is 1.70 bits per heavy atom. The molecule has 6 nitrogen and oxygen atoms in total. The predicted molar refractivity (Wildman–Crippen MR) is 106 cm³/mol. The van der Waals surface area contributed by atoms with Crippen molar-refractivity contribution in [3.05, 3.63) is 47.8 Å². The van der Waals surface area contributed by atoms with E-state index in [0.29, 0.717) is 30.3 Å². The molecule has 27 heavy (non-hydrogen) atoms. The molecular weight excluding hydrogens is 382 g/mol. The number of carbonyl (C=O) groups excluding carboxylic acids is 1. The number of amides is 1. The molecule has 0 unspecified atom stereocenters. The summed E-state index contributed by atoms with van der Waals surface area (Å²) in [7, 11) is -3.59. The van der Waals surface area contributed by atoms with Gasteiger partial charge in [0.05, 0.1) is 0 Å². The van der Waals surface area contributed by atoms with Gasteiger partial charge in [-0.15, -0.1) is 11.3 Å². The Labute approximate surface area is 164 Å². The Morgan fingerprint density at radius 1 is 0.963 bits per heavy atom. The molecule has 144 valence electrons. The van der Waals surface area contributed by atoms with Crippen molar-refractivity contribution in [1.29, 1.82) is 0 Å². The molecule has 0 saturated carbocycles. The van der Waals surface area contributed by atoms with Crippen molar-refractivity contribution < 1.29 is 13.2 Å². The van der Waals surface area contributed by atoms with Crippen LogP contribution < -0.4 is 4.90 Å². The summed E-state index contributed by atoms with van der Waals surface area (Å²) in [6.07, 6.45) is 1.33. The van der Waals surface area contributed by atoms with E-state index in [4.69, 9.17) is 0 Å².